The molecule has 0 spiro atoms. The van der Waals surface area contributed by atoms with E-state index in [0.717, 1.165) is 27.2 Å². The molecule has 2 N–H and O–H groups in total. The zero-order valence-electron chi connectivity index (χ0n) is 27.9. The third-order valence-corrected chi connectivity index (χ3v) is 11.0. The Morgan fingerprint density at radius 1 is 0.981 bits per heavy atom. The van der Waals surface area contributed by atoms with Gasteiger partial charge in [-0.05, 0) is 73.8 Å². The number of benzene rings is 2. The molecule has 1 aromatic heterocycles. The summed E-state index contributed by atoms with van der Waals surface area (Å²) in [7, 11) is -4.40. The average Bonchev–Trinajstić information content (AvgIpc) is 3.65. The molecule has 3 heterocycles. The Bertz CT molecular complexity index is 2340. The van der Waals surface area contributed by atoms with Crippen molar-refractivity contribution in [2.45, 2.75) is 32.7 Å². The molecule has 5 rings (SSSR count). The fourth-order valence-electron chi connectivity index (χ4n) is 5.75. The van der Waals surface area contributed by atoms with E-state index in [-0.39, 0.29) is 15.6 Å². The lowest BCUT2D eigenvalue weighted by Crippen LogP contribution is -2.36. The number of hydrogen-bond acceptors (Lipinski definition) is 12. The number of thiazole rings is 1. The molecular formula is C34H31Cl2N4O10S3-. The average molecular weight is 823 g/mol. The number of nitrogens with zero attached hydrogens (tertiary/aromatic N) is 4. The van der Waals surface area contributed by atoms with Crippen LogP contribution in [0.1, 0.15) is 25.3 Å². The van der Waals surface area contributed by atoms with Crippen LogP contribution in [0.25, 0.3) is 11.8 Å². The van der Waals surface area contributed by atoms with Gasteiger partial charge >= 0.3 is 17.8 Å². The van der Waals surface area contributed by atoms with Crippen LogP contribution in [0.3, 0.4) is 0 Å². The van der Waals surface area contributed by atoms with Crippen LogP contribution in [0.5, 0.6) is 0 Å². The second-order valence-corrected chi connectivity index (χ2v) is 15.4. The van der Waals surface area contributed by atoms with E-state index in [4.69, 9.17) is 40.2 Å². The van der Waals surface area contributed by atoms with Crippen molar-refractivity contribution >= 4 is 103 Å². The first-order chi connectivity index (χ1) is 25.1. The van der Waals surface area contributed by atoms with E-state index < -0.39 is 63.3 Å². The van der Waals surface area contributed by atoms with E-state index in [9.17, 15) is 42.4 Å². The number of amides is 1. The van der Waals surface area contributed by atoms with Crippen molar-refractivity contribution in [3.8, 4) is 0 Å². The monoisotopic (exact) mass is 821 g/mol. The number of anilines is 2. The van der Waals surface area contributed by atoms with Crippen molar-refractivity contribution in [1.82, 2.24) is 9.47 Å². The lowest BCUT2D eigenvalue weighted by atomic mass is 10.0. The number of rotatable bonds is 14. The smallest absolute Gasteiger partial charge is 0.323 e. The van der Waals surface area contributed by atoms with Gasteiger partial charge in [0.15, 0.2) is 0 Å². The Balaban J connectivity index is 1.67. The summed E-state index contributed by atoms with van der Waals surface area (Å²) in [6.07, 6.45) is 5.98. The van der Waals surface area contributed by atoms with E-state index in [1.54, 1.807) is 24.3 Å². The second kappa shape index (κ2) is 16.7. The molecule has 0 saturated carbocycles. The molecular weight excluding hydrogens is 791 g/mol. The minimum absolute atomic E-state index is 0.0598. The highest BCUT2D eigenvalue weighted by molar-refractivity contribution is 7.85. The standard InChI is InChI=1S/C34H32Cl2N4O10S3/c1-2-37-24-16-22(35)23(36)17-25(24)38(12-6-7-13-53(47,48)49)27(37)11-10-21(14-20-8-4-3-5-9-20)15-26-31(45)39(18-28(41)42)33(52-26)30-32(46)40(19-29(43)44)34(51)50-30/h3-5,8-11,15-17H,2,6-7,12-14,18-19H2,1H3,(H,41,42)(H,43,44)(H,47,48,49)/p-1/b21-10?,26-15?,27-11?,33-30+. The highest BCUT2D eigenvalue weighted by Gasteiger charge is 2.37. The third kappa shape index (κ3) is 9.35. The Morgan fingerprint density at radius 2 is 1.62 bits per heavy atom. The fraction of sp³-hybridized carbons (Fsp3) is 0.265. The number of thiocarbonyl (C=S) groups is 1. The number of aromatic nitrogens is 1. The Kier molecular flexibility index (Phi) is 12.5. The fourth-order valence-corrected chi connectivity index (χ4v) is 7.95. The van der Waals surface area contributed by atoms with Crippen molar-refractivity contribution in [3.05, 3.63) is 101 Å². The largest absolute Gasteiger partial charge is 0.748 e. The topological polar surface area (TPSA) is 190 Å². The molecule has 2 aromatic carbocycles. The highest BCUT2D eigenvalue weighted by atomic mass is 35.5. The molecule has 53 heavy (non-hydrogen) atoms. The summed E-state index contributed by atoms with van der Waals surface area (Å²) in [5.41, 5.74) is 2.22. The van der Waals surface area contributed by atoms with E-state index in [2.05, 4.69) is 0 Å². The van der Waals surface area contributed by atoms with Crippen LogP contribution in [0.15, 0.2) is 70.8 Å². The Morgan fingerprint density at radius 3 is 2.23 bits per heavy atom. The van der Waals surface area contributed by atoms with E-state index in [1.807, 2.05) is 53.1 Å². The van der Waals surface area contributed by atoms with Crippen LogP contribution in [0.4, 0.5) is 11.4 Å². The van der Waals surface area contributed by atoms with Crippen LogP contribution in [0.2, 0.25) is 10.0 Å². The summed E-state index contributed by atoms with van der Waals surface area (Å²) in [4.78, 5) is 54.7. The zero-order valence-corrected chi connectivity index (χ0v) is 31.8. The molecule has 0 unspecified atom stereocenters. The molecule has 0 atom stereocenters. The Labute approximate surface area is 322 Å². The first-order valence-corrected chi connectivity index (χ1v) is 19.5. The number of carboxylic acids is 2. The number of ether oxygens (including phenoxy) is 1. The highest BCUT2D eigenvalue weighted by Crippen LogP contribution is 2.45. The van der Waals surface area contributed by atoms with E-state index in [0.29, 0.717) is 58.0 Å². The molecule has 3 aromatic rings. The van der Waals surface area contributed by atoms with E-state index in [1.165, 1.54) is 0 Å². The molecule has 0 aliphatic carbocycles. The number of fused-ring (bicyclic) bond motifs is 1. The van der Waals surface area contributed by atoms with Crippen molar-refractivity contribution in [2.75, 3.05) is 35.2 Å². The lowest BCUT2D eigenvalue weighted by molar-refractivity contribution is -0.140. The molecule has 2 aliphatic heterocycles. The van der Waals surface area contributed by atoms with Gasteiger partial charge in [-0.15, -0.1) is 11.3 Å². The molecule has 14 nitrogen and oxygen atoms in total. The van der Waals surface area contributed by atoms with Crippen molar-refractivity contribution in [3.63, 3.8) is 0 Å². The van der Waals surface area contributed by atoms with Gasteiger partial charge in [-0.25, -0.2) is 8.42 Å². The van der Waals surface area contributed by atoms with Gasteiger partial charge < -0.3 is 29.3 Å². The second-order valence-electron chi connectivity index (χ2n) is 11.7. The van der Waals surface area contributed by atoms with Gasteiger partial charge in [-0.1, -0.05) is 59.6 Å². The number of unbranched alkanes of at least 4 members (excludes halogenated alkanes) is 1. The predicted octanol–water partition coefficient (Wildman–Crippen LogP) is 3.10. The summed E-state index contributed by atoms with van der Waals surface area (Å²) in [6, 6.07) is 12.8. The minimum Gasteiger partial charge on any atom is -0.748 e. The van der Waals surface area contributed by atoms with Gasteiger partial charge in [0.1, 0.15) is 23.6 Å². The lowest BCUT2D eigenvalue weighted by Gasteiger charge is -2.24. The minimum atomic E-state index is -4.40. The molecule has 19 heteroatoms. The van der Waals surface area contributed by atoms with Gasteiger partial charge in [0.2, 0.25) is 5.76 Å². The summed E-state index contributed by atoms with van der Waals surface area (Å²) in [5.74, 6) is -3.95. The Hall–Kier alpha value is -4.52. The van der Waals surface area contributed by atoms with Gasteiger partial charge in [0, 0.05) is 18.8 Å². The number of carbonyl (C=O) groups is 3. The number of allylic oxidation sites excluding steroid dienone is 3. The first-order valence-electron chi connectivity index (χ1n) is 15.9. The normalized spacial score (nSPS) is 16.9. The van der Waals surface area contributed by atoms with E-state index >= 15 is 0 Å². The molecule has 0 radical (unpaired) electrons. The maximum Gasteiger partial charge on any atom is 0.323 e. The van der Waals surface area contributed by atoms with Crippen molar-refractivity contribution < 1.29 is 42.3 Å². The van der Waals surface area contributed by atoms with Crippen LogP contribution in [0, 0.1) is 0 Å². The van der Waals surface area contributed by atoms with Crippen LogP contribution >= 0.6 is 46.8 Å². The zero-order chi connectivity index (χ0) is 38.6. The maximum atomic E-state index is 13.8. The van der Waals surface area contributed by atoms with Gasteiger partial charge in [0.05, 0.1) is 36.1 Å². The summed E-state index contributed by atoms with van der Waals surface area (Å²) >= 11 is 18.6. The summed E-state index contributed by atoms with van der Waals surface area (Å²) < 4.78 is 40.0. The van der Waals surface area contributed by atoms with Gasteiger partial charge in [0.25, 0.3) is 10.7 Å². The summed E-state index contributed by atoms with van der Waals surface area (Å²) in [5, 5.41) is 19.1. The number of hydrogen-bond donors (Lipinski definition) is 2. The predicted molar refractivity (Wildman–Crippen MR) is 203 cm³/mol. The van der Waals surface area contributed by atoms with Crippen LogP contribution in [-0.4, -0.2) is 81.1 Å². The summed E-state index contributed by atoms with van der Waals surface area (Å²) in [6.45, 7) is 1.15. The van der Waals surface area contributed by atoms with Crippen molar-refractivity contribution in [2.24, 2.45) is 0 Å². The molecule has 1 amide bonds. The van der Waals surface area contributed by atoms with Gasteiger partial charge in [-0.2, -0.15) is 0 Å². The van der Waals surface area contributed by atoms with Crippen LogP contribution < -0.4 is 24.6 Å². The molecule has 280 valence electrons. The first kappa shape index (κ1) is 39.7. The van der Waals surface area contributed by atoms with Crippen molar-refractivity contribution in [1.29, 1.82) is 0 Å². The number of carbonyl (C=O) groups excluding carboxylic acids is 1. The molecule has 0 bridgehead atoms. The third-order valence-electron chi connectivity index (χ3n) is 8.05. The quantitative estimate of drug-likeness (QED) is 0.137. The maximum absolute atomic E-state index is 13.8. The molecule has 2 aliphatic rings. The SMILES string of the molecule is CCN1C(=CC=C(C=c2s/c(=C3/OC(=S)N(CC(=O)O)C3=O)n(CC(=O)O)c2=O)Cc2ccccc2)N(CCCCS(=O)(=O)[O-])c2cc(Cl)c(Cl)cc21. The molecule has 1 saturated heterocycles. The van der Waals surface area contributed by atoms with Crippen LogP contribution in [-0.2, 0) is 42.2 Å². The van der Waals surface area contributed by atoms with Gasteiger partial charge in [-0.3, -0.25) is 28.6 Å². The number of aliphatic carboxylic acids is 2. The molecule has 1 fully saturated rings. The number of halogens is 2. The number of carboxylic acid groups (broad SMARTS) is 2.